The number of aromatic nitrogens is 6. The first kappa shape index (κ1) is 14.9. The van der Waals surface area contributed by atoms with E-state index in [-0.39, 0.29) is 0 Å². The molecule has 0 N–H and O–H groups in total. The molecule has 0 atom stereocenters. The Morgan fingerprint density at radius 3 is 2.50 bits per heavy atom. The van der Waals surface area contributed by atoms with Gasteiger partial charge < -0.3 is 9.80 Å². The number of hydrogen-bond donors (Lipinski definition) is 0. The van der Waals surface area contributed by atoms with Crippen LogP contribution in [0.3, 0.4) is 0 Å². The predicted molar refractivity (Wildman–Crippen MR) is 88.3 cm³/mol. The summed E-state index contributed by atoms with van der Waals surface area (Å²) < 4.78 is 6.58. The van der Waals surface area contributed by atoms with Crippen molar-refractivity contribution in [1.82, 2.24) is 30.1 Å². The van der Waals surface area contributed by atoms with E-state index in [0.717, 1.165) is 54.7 Å². The molecule has 0 aliphatic carbocycles. The maximum Gasteiger partial charge on any atom is 0.200 e. The summed E-state index contributed by atoms with van der Waals surface area (Å²) in [4.78, 5) is 4.53. The van der Waals surface area contributed by atoms with Crippen molar-refractivity contribution in [3.63, 3.8) is 0 Å². The number of piperazine rings is 1. The minimum Gasteiger partial charge on any atom is -0.365 e. The van der Waals surface area contributed by atoms with E-state index in [1.54, 1.807) is 10.8 Å². The van der Waals surface area contributed by atoms with Crippen LogP contribution < -0.4 is 9.80 Å². The van der Waals surface area contributed by atoms with Crippen LogP contribution in [-0.4, -0.2) is 56.3 Å². The van der Waals surface area contributed by atoms with E-state index >= 15 is 0 Å². The Kier molecular flexibility index (Phi) is 3.55. The summed E-state index contributed by atoms with van der Waals surface area (Å²) in [7, 11) is 0. The molecule has 4 heterocycles. The molecule has 126 valence electrons. The summed E-state index contributed by atoms with van der Waals surface area (Å²) in [5.41, 5.74) is 3.75. The first-order valence-corrected chi connectivity index (χ1v) is 8.13. The Morgan fingerprint density at radius 2 is 1.83 bits per heavy atom. The van der Waals surface area contributed by atoms with Crippen LogP contribution in [0.1, 0.15) is 31.2 Å². The van der Waals surface area contributed by atoms with Gasteiger partial charge in [-0.05, 0) is 24.1 Å². The molecule has 1 fully saturated rings. The van der Waals surface area contributed by atoms with Crippen LogP contribution in [-0.2, 0) is 0 Å². The highest BCUT2D eigenvalue weighted by Crippen LogP contribution is 2.26. The SMILES string of the molecule is Cc1nonc1N1CCN(c2cc(C(C)C)nn3cnnc23)CC1. The number of rotatable bonds is 3. The van der Waals surface area contributed by atoms with E-state index in [1.807, 2.05) is 6.92 Å². The second-order valence-corrected chi connectivity index (χ2v) is 6.36. The van der Waals surface area contributed by atoms with Crippen molar-refractivity contribution in [2.75, 3.05) is 36.0 Å². The molecule has 4 rings (SSSR count). The quantitative estimate of drug-likeness (QED) is 0.710. The first-order chi connectivity index (χ1) is 11.6. The van der Waals surface area contributed by atoms with E-state index in [9.17, 15) is 0 Å². The van der Waals surface area contributed by atoms with Gasteiger partial charge in [0, 0.05) is 26.2 Å². The molecule has 3 aromatic heterocycles. The van der Waals surface area contributed by atoms with Crippen molar-refractivity contribution >= 4 is 17.2 Å². The van der Waals surface area contributed by atoms with Crippen molar-refractivity contribution in [2.45, 2.75) is 26.7 Å². The van der Waals surface area contributed by atoms with E-state index in [2.05, 4.69) is 55.3 Å². The summed E-state index contributed by atoms with van der Waals surface area (Å²) in [6, 6.07) is 2.13. The Balaban J connectivity index is 1.60. The summed E-state index contributed by atoms with van der Waals surface area (Å²) in [6.45, 7) is 9.65. The number of aryl methyl sites for hydroxylation is 1. The van der Waals surface area contributed by atoms with Crippen LogP contribution in [0.2, 0.25) is 0 Å². The van der Waals surface area contributed by atoms with Crippen molar-refractivity contribution in [3.05, 3.63) is 23.8 Å². The lowest BCUT2D eigenvalue weighted by Crippen LogP contribution is -2.47. The summed E-state index contributed by atoms with van der Waals surface area (Å²) in [6.07, 6.45) is 1.66. The summed E-state index contributed by atoms with van der Waals surface area (Å²) in [5.74, 6) is 1.18. The van der Waals surface area contributed by atoms with Crippen molar-refractivity contribution in [3.8, 4) is 0 Å². The second-order valence-electron chi connectivity index (χ2n) is 6.36. The number of fused-ring (bicyclic) bond motifs is 1. The van der Waals surface area contributed by atoms with Gasteiger partial charge in [0.05, 0.1) is 11.4 Å². The molecule has 9 heteroatoms. The van der Waals surface area contributed by atoms with E-state index < -0.39 is 0 Å². The highest BCUT2D eigenvalue weighted by Gasteiger charge is 2.24. The molecular weight excluding hydrogens is 308 g/mol. The van der Waals surface area contributed by atoms with Crippen LogP contribution >= 0.6 is 0 Å². The lowest BCUT2D eigenvalue weighted by Gasteiger charge is -2.36. The summed E-state index contributed by atoms with van der Waals surface area (Å²) >= 11 is 0. The van der Waals surface area contributed by atoms with Gasteiger partial charge in [-0.2, -0.15) is 9.61 Å². The van der Waals surface area contributed by atoms with E-state index in [4.69, 9.17) is 4.63 Å². The normalized spacial score (nSPS) is 15.7. The minimum atomic E-state index is 0.348. The molecule has 1 saturated heterocycles. The van der Waals surface area contributed by atoms with Gasteiger partial charge in [-0.25, -0.2) is 4.63 Å². The molecule has 0 radical (unpaired) electrons. The van der Waals surface area contributed by atoms with Gasteiger partial charge in [-0.1, -0.05) is 19.0 Å². The third kappa shape index (κ3) is 2.45. The lowest BCUT2D eigenvalue weighted by atomic mass is 10.1. The molecule has 0 saturated carbocycles. The Hall–Kier alpha value is -2.71. The van der Waals surface area contributed by atoms with E-state index in [0.29, 0.717) is 5.92 Å². The zero-order valence-corrected chi connectivity index (χ0v) is 14.0. The number of nitrogens with zero attached hydrogens (tertiary/aromatic N) is 8. The molecule has 0 bridgehead atoms. The zero-order chi connectivity index (χ0) is 16.7. The van der Waals surface area contributed by atoms with E-state index in [1.165, 1.54) is 0 Å². The average molecular weight is 328 g/mol. The van der Waals surface area contributed by atoms with Crippen molar-refractivity contribution in [2.24, 2.45) is 0 Å². The number of hydrogen-bond acceptors (Lipinski definition) is 8. The molecule has 0 unspecified atom stereocenters. The lowest BCUT2D eigenvalue weighted by molar-refractivity contribution is 0.304. The van der Waals surface area contributed by atoms with Gasteiger partial charge in [-0.15, -0.1) is 10.2 Å². The monoisotopic (exact) mass is 328 g/mol. The fourth-order valence-electron chi connectivity index (χ4n) is 3.02. The third-order valence-electron chi connectivity index (χ3n) is 4.41. The first-order valence-electron chi connectivity index (χ1n) is 8.13. The van der Waals surface area contributed by atoms with Gasteiger partial charge in [0.15, 0.2) is 5.82 Å². The van der Waals surface area contributed by atoms with Gasteiger partial charge in [0.2, 0.25) is 5.65 Å². The van der Waals surface area contributed by atoms with Crippen LogP contribution in [0.5, 0.6) is 0 Å². The standard InChI is InChI=1S/C15H20N8O/c1-10(2)12-8-13(15-17-16-9-23(15)18-12)21-4-6-22(7-5-21)14-11(3)19-24-20-14/h8-10H,4-7H2,1-3H3. The topological polar surface area (TPSA) is 88.5 Å². The molecule has 1 aliphatic heterocycles. The largest absolute Gasteiger partial charge is 0.365 e. The maximum absolute atomic E-state index is 4.81. The molecule has 1 aliphatic rings. The summed E-state index contributed by atoms with van der Waals surface area (Å²) in [5, 5.41) is 20.7. The highest BCUT2D eigenvalue weighted by atomic mass is 16.6. The molecule has 9 nitrogen and oxygen atoms in total. The molecule has 0 spiro atoms. The smallest absolute Gasteiger partial charge is 0.200 e. The predicted octanol–water partition coefficient (Wildman–Crippen LogP) is 1.27. The van der Waals surface area contributed by atoms with Gasteiger partial charge in [0.25, 0.3) is 0 Å². The average Bonchev–Trinajstić information content (AvgIpc) is 3.22. The fraction of sp³-hybridized carbons (Fsp3) is 0.533. The van der Waals surface area contributed by atoms with Crippen LogP contribution in [0.15, 0.2) is 17.0 Å². The molecule has 3 aromatic rings. The molecule has 24 heavy (non-hydrogen) atoms. The highest BCUT2D eigenvalue weighted by molar-refractivity contribution is 5.69. The van der Waals surface area contributed by atoms with Crippen molar-refractivity contribution < 1.29 is 4.63 Å². The molecule has 0 amide bonds. The van der Waals surface area contributed by atoms with Crippen LogP contribution in [0.25, 0.3) is 5.65 Å². The second kappa shape index (κ2) is 5.73. The van der Waals surface area contributed by atoms with Gasteiger partial charge in [0.1, 0.15) is 12.0 Å². The Labute approximate surface area is 139 Å². The number of anilines is 2. The van der Waals surface area contributed by atoms with Gasteiger partial charge in [-0.3, -0.25) is 0 Å². The fourth-order valence-corrected chi connectivity index (χ4v) is 3.02. The molecule has 0 aromatic carbocycles. The Bertz CT molecular complexity index is 846. The third-order valence-corrected chi connectivity index (χ3v) is 4.41. The Morgan fingerprint density at radius 1 is 1.08 bits per heavy atom. The van der Waals surface area contributed by atoms with Crippen molar-refractivity contribution in [1.29, 1.82) is 0 Å². The maximum atomic E-state index is 4.81. The van der Waals surface area contributed by atoms with Crippen LogP contribution in [0, 0.1) is 6.92 Å². The van der Waals surface area contributed by atoms with Gasteiger partial charge >= 0.3 is 0 Å². The molecular formula is C15H20N8O. The van der Waals surface area contributed by atoms with Crippen LogP contribution in [0.4, 0.5) is 11.5 Å². The minimum absolute atomic E-state index is 0.348. The zero-order valence-electron chi connectivity index (χ0n) is 14.0.